The highest BCUT2D eigenvalue weighted by Crippen LogP contribution is 2.33. The van der Waals surface area contributed by atoms with Crippen LogP contribution in [0.4, 0.5) is 17.5 Å². The van der Waals surface area contributed by atoms with Crippen molar-refractivity contribution in [1.82, 2.24) is 19.9 Å². The van der Waals surface area contributed by atoms with Crippen molar-refractivity contribution < 1.29 is 10.2 Å². The molecule has 0 radical (unpaired) electrons. The maximum absolute atomic E-state index is 9.50. The molecule has 9 nitrogen and oxygen atoms in total. The van der Waals surface area contributed by atoms with Gasteiger partial charge in [0, 0.05) is 42.4 Å². The second kappa shape index (κ2) is 10.6. The monoisotopic (exact) mass is 525 g/mol. The Kier molecular flexibility index (Phi) is 7.24. The molecule has 1 aromatic carbocycles. The molecular formula is C25H31N7O2S2. The number of rotatable bonds is 7. The number of aliphatic hydroxyl groups excluding tert-OH is 2. The Hall–Kier alpha value is -2.99. The lowest BCUT2D eigenvalue weighted by Gasteiger charge is -2.45. The molecule has 1 saturated heterocycles. The molecule has 0 aliphatic carbocycles. The Morgan fingerprint density at radius 3 is 2.81 bits per heavy atom. The van der Waals surface area contributed by atoms with E-state index in [0.717, 1.165) is 57.4 Å². The molecule has 11 heteroatoms. The number of thiocarbonyl (C=S) groups is 1. The van der Waals surface area contributed by atoms with Gasteiger partial charge in [-0.1, -0.05) is 19.9 Å². The Morgan fingerprint density at radius 1 is 1.19 bits per heavy atom. The van der Waals surface area contributed by atoms with Crippen molar-refractivity contribution in [3.05, 3.63) is 41.9 Å². The van der Waals surface area contributed by atoms with Gasteiger partial charge in [0.2, 0.25) is 5.95 Å². The summed E-state index contributed by atoms with van der Waals surface area (Å²) < 4.78 is 1.03. The molecule has 0 amide bonds. The van der Waals surface area contributed by atoms with Crippen LogP contribution in [-0.2, 0) is 0 Å². The first kappa shape index (κ1) is 24.7. The van der Waals surface area contributed by atoms with E-state index in [0.29, 0.717) is 11.9 Å². The molecule has 4 heterocycles. The quantitative estimate of drug-likeness (QED) is 0.232. The van der Waals surface area contributed by atoms with E-state index in [1.165, 1.54) is 0 Å². The zero-order valence-corrected chi connectivity index (χ0v) is 21.9. The number of nitrogens with one attached hydrogen (secondary N) is 3. The van der Waals surface area contributed by atoms with Crippen molar-refractivity contribution in [3.63, 3.8) is 0 Å². The van der Waals surface area contributed by atoms with Crippen molar-refractivity contribution >= 4 is 67.2 Å². The number of thiophene rings is 1. The summed E-state index contributed by atoms with van der Waals surface area (Å²) in [6.45, 7) is 6.31. The van der Waals surface area contributed by atoms with Crippen LogP contribution in [0.1, 0.15) is 13.8 Å². The smallest absolute Gasteiger partial charge is 0.225 e. The van der Waals surface area contributed by atoms with Crippen molar-refractivity contribution in [2.45, 2.75) is 25.9 Å². The first-order valence-corrected chi connectivity index (χ1v) is 13.4. The van der Waals surface area contributed by atoms with E-state index in [1.54, 1.807) is 11.3 Å². The van der Waals surface area contributed by atoms with Crippen LogP contribution in [0, 0.1) is 5.92 Å². The summed E-state index contributed by atoms with van der Waals surface area (Å²) in [4.78, 5) is 17.2. The van der Waals surface area contributed by atoms with E-state index in [2.05, 4.69) is 62.4 Å². The van der Waals surface area contributed by atoms with Gasteiger partial charge in [-0.05, 0) is 47.8 Å². The molecule has 3 aromatic heterocycles. The third kappa shape index (κ3) is 4.83. The minimum absolute atomic E-state index is 0.188. The fraction of sp³-hybridized carbons (Fsp3) is 0.400. The van der Waals surface area contributed by atoms with E-state index in [9.17, 15) is 10.2 Å². The molecule has 4 aromatic rings. The molecule has 1 aliphatic rings. The molecule has 1 aliphatic heterocycles. The highest BCUT2D eigenvalue weighted by atomic mass is 32.1. The predicted octanol–water partition coefficient (Wildman–Crippen LogP) is 3.48. The van der Waals surface area contributed by atoms with Crippen molar-refractivity contribution in [2.75, 3.05) is 48.4 Å². The highest BCUT2D eigenvalue weighted by Gasteiger charge is 2.33. The number of aromatic amines is 1. The summed E-state index contributed by atoms with van der Waals surface area (Å²) in [5.74, 6) is 1.64. The number of H-pyrrole nitrogens is 1. The van der Waals surface area contributed by atoms with Crippen LogP contribution >= 0.6 is 23.6 Å². The minimum atomic E-state index is -0.512. The van der Waals surface area contributed by atoms with Gasteiger partial charge >= 0.3 is 0 Å². The van der Waals surface area contributed by atoms with Gasteiger partial charge in [-0.2, -0.15) is 4.98 Å². The van der Waals surface area contributed by atoms with Crippen LogP contribution < -0.4 is 15.5 Å². The fourth-order valence-electron chi connectivity index (χ4n) is 4.67. The lowest BCUT2D eigenvalue weighted by atomic mass is 10.00. The Bertz CT molecular complexity index is 1350. The zero-order chi connectivity index (χ0) is 25.2. The van der Waals surface area contributed by atoms with E-state index < -0.39 is 6.04 Å². The lowest BCUT2D eigenvalue weighted by Crippen LogP contribution is -2.58. The normalized spacial score (nSPS) is 16.4. The highest BCUT2D eigenvalue weighted by molar-refractivity contribution is 7.80. The van der Waals surface area contributed by atoms with Gasteiger partial charge in [0.05, 0.1) is 35.5 Å². The number of benzene rings is 1. The van der Waals surface area contributed by atoms with E-state index in [-0.39, 0.29) is 19.3 Å². The van der Waals surface area contributed by atoms with Crippen molar-refractivity contribution in [2.24, 2.45) is 5.92 Å². The molecular weight excluding hydrogens is 494 g/mol. The Balaban J connectivity index is 1.38. The molecule has 1 unspecified atom stereocenters. The number of hydrogen-bond donors (Lipinski definition) is 5. The first-order chi connectivity index (χ1) is 17.5. The topological polar surface area (TPSA) is 113 Å². The van der Waals surface area contributed by atoms with Gasteiger partial charge in [-0.3, -0.25) is 0 Å². The van der Waals surface area contributed by atoms with Gasteiger partial charge < -0.3 is 35.6 Å². The summed E-state index contributed by atoms with van der Waals surface area (Å²) in [7, 11) is 0. The minimum Gasteiger partial charge on any atom is -0.394 e. The van der Waals surface area contributed by atoms with Gasteiger partial charge in [0.15, 0.2) is 10.9 Å². The number of anilines is 3. The number of aromatic nitrogens is 3. The number of hydrogen-bond acceptors (Lipinski definition) is 8. The molecule has 5 rings (SSSR count). The standard InChI is InChI=1S/C25H31N7O2S2/c1-15(2)21-12-31(23-22-20(7-11-36-22)28-24(30-23)27-16(13-33)14-34)9-10-32(21)25(35)29-19-5-3-4-18-17(19)6-8-26-18/h3-8,11,15-16,21,26,33-34H,9-10,12-14H2,1-2H3,(H,29,35)(H,27,28,30). The van der Waals surface area contributed by atoms with Crippen LogP contribution in [0.25, 0.3) is 21.1 Å². The SMILES string of the molecule is CC(C)C1CN(c2nc(NC(CO)CO)nc3ccsc23)CCN1C(=S)Nc1cccc2[nH]ccc12. The van der Waals surface area contributed by atoms with E-state index in [1.807, 2.05) is 23.7 Å². The maximum Gasteiger partial charge on any atom is 0.225 e. The molecule has 1 fully saturated rings. The number of aliphatic hydroxyl groups is 2. The molecule has 1 atom stereocenters. The molecule has 36 heavy (non-hydrogen) atoms. The maximum atomic E-state index is 9.50. The second-order valence-electron chi connectivity index (χ2n) is 9.34. The van der Waals surface area contributed by atoms with Crippen LogP contribution in [0.5, 0.6) is 0 Å². The average molecular weight is 526 g/mol. The molecule has 190 valence electrons. The van der Waals surface area contributed by atoms with Crippen molar-refractivity contribution in [1.29, 1.82) is 0 Å². The summed E-state index contributed by atoms with van der Waals surface area (Å²) in [5.41, 5.74) is 2.92. The second-order valence-corrected chi connectivity index (χ2v) is 10.6. The summed E-state index contributed by atoms with van der Waals surface area (Å²) in [5, 5.41) is 29.4. The average Bonchev–Trinajstić information content (AvgIpc) is 3.56. The molecule has 0 bridgehead atoms. The molecule has 0 spiro atoms. The summed E-state index contributed by atoms with van der Waals surface area (Å²) in [6, 6.07) is 9.84. The number of nitrogens with zero attached hydrogens (tertiary/aromatic N) is 4. The van der Waals surface area contributed by atoms with Crippen LogP contribution in [0.2, 0.25) is 0 Å². The van der Waals surface area contributed by atoms with Gasteiger partial charge in [0.25, 0.3) is 0 Å². The zero-order valence-electron chi connectivity index (χ0n) is 20.3. The number of piperazine rings is 1. The fourth-order valence-corrected chi connectivity index (χ4v) is 5.85. The third-order valence-electron chi connectivity index (χ3n) is 6.64. The summed E-state index contributed by atoms with van der Waals surface area (Å²) >= 11 is 7.53. The lowest BCUT2D eigenvalue weighted by molar-refractivity contribution is 0.203. The van der Waals surface area contributed by atoms with E-state index >= 15 is 0 Å². The van der Waals surface area contributed by atoms with E-state index in [4.69, 9.17) is 17.2 Å². The van der Waals surface area contributed by atoms with Gasteiger partial charge in [-0.25, -0.2) is 4.98 Å². The van der Waals surface area contributed by atoms with Crippen LogP contribution in [-0.4, -0.2) is 80.1 Å². The number of fused-ring (bicyclic) bond motifs is 2. The van der Waals surface area contributed by atoms with Crippen molar-refractivity contribution in [3.8, 4) is 0 Å². The predicted molar refractivity (Wildman–Crippen MR) is 151 cm³/mol. The van der Waals surface area contributed by atoms with Gasteiger partial charge in [0.1, 0.15) is 0 Å². The molecule has 5 N–H and O–H groups in total. The van der Waals surface area contributed by atoms with Gasteiger partial charge in [-0.15, -0.1) is 11.3 Å². The molecule has 0 saturated carbocycles. The largest absolute Gasteiger partial charge is 0.394 e. The Morgan fingerprint density at radius 2 is 2.03 bits per heavy atom. The summed E-state index contributed by atoms with van der Waals surface area (Å²) in [6.07, 6.45) is 1.94. The van der Waals surface area contributed by atoms with Crippen LogP contribution in [0.15, 0.2) is 41.9 Å². The third-order valence-corrected chi connectivity index (χ3v) is 7.88. The first-order valence-electron chi connectivity index (χ1n) is 12.1. The van der Waals surface area contributed by atoms with Crippen LogP contribution in [0.3, 0.4) is 0 Å². The Labute approximate surface area is 219 Å².